The van der Waals surface area contributed by atoms with Crippen LogP contribution in [0.15, 0.2) is 18.2 Å². The summed E-state index contributed by atoms with van der Waals surface area (Å²) in [6, 6.07) is 3.92. The van der Waals surface area contributed by atoms with E-state index in [9.17, 15) is 14.4 Å². The summed E-state index contributed by atoms with van der Waals surface area (Å²) in [6.45, 7) is 0.0463. The predicted octanol–water partition coefficient (Wildman–Crippen LogP) is 1.31. The number of carbonyl (C=O) groups excluding carboxylic acids is 2. The van der Waals surface area contributed by atoms with Crippen molar-refractivity contribution in [2.75, 3.05) is 19.0 Å². The standard InChI is InChI=1S/C15H16Cl2N2O6/c1-24-12(13(20)18-9-3-7(16)2-8(17)4-9)14(21)19-10-5-11(15(22)23)25-6-10/h2-4,10-12H,5-6H2,1H3,(H,18,20)(H,19,21)(H,22,23)/t10-,11-,12?/m1/s1. The largest absolute Gasteiger partial charge is 0.479 e. The molecule has 0 saturated carbocycles. The van der Waals surface area contributed by atoms with Gasteiger partial charge in [0.05, 0.1) is 12.6 Å². The zero-order valence-electron chi connectivity index (χ0n) is 13.1. The van der Waals surface area contributed by atoms with Gasteiger partial charge in [0.2, 0.25) is 6.10 Å². The quantitative estimate of drug-likeness (QED) is 0.630. The fourth-order valence-corrected chi connectivity index (χ4v) is 2.87. The van der Waals surface area contributed by atoms with E-state index in [0.29, 0.717) is 15.7 Å². The minimum Gasteiger partial charge on any atom is -0.479 e. The molecule has 2 rings (SSSR count). The second kappa shape index (κ2) is 8.48. The molecule has 25 heavy (non-hydrogen) atoms. The van der Waals surface area contributed by atoms with Crippen molar-refractivity contribution in [2.24, 2.45) is 0 Å². The molecule has 1 aliphatic heterocycles. The van der Waals surface area contributed by atoms with Crippen molar-refractivity contribution in [3.8, 4) is 0 Å². The molecule has 3 atom stereocenters. The van der Waals surface area contributed by atoms with Crippen LogP contribution in [-0.2, 0) is 23.9 Å². The molecule has 8 nitrogen and oxygen atoms in total. The van der Waals surface area contributed by atoms with Crippen LogP contribution in [0.1, 0.15) is 6.42 Å². The second-order valence-corrected chi connectivity index (χ2v) is 6.24. The Labute approximate surface area is 153 Å². The van der Waals surface area contributed by atoms with Crippen LogP contribution in [0.2, 0.25) is 10.0 Å². The van der Waals surface area contributed by atoms with Crippen LogP contribution in [-0.4, -0.2) is 54.9 Å². The number of hydrogen-bond acceptors (Lipinski definition) is 5. The molecule has 1 saturated heterocycles. The summed E-state index contributed by atoms with van der Waals surface area (Å²) in [5.74, 6) is -2.52. The molecule has 10 heteroatoms. The van der Waals surface area contributed by atoms with Gasteiger partial charge < -0.3 is 25.2 Å². The maximum Gasteiger partial charge on any atom is 0.332 e. The number of ether oxygens (including phenoxy) is 2. The van der Waals surface area contributed by atoms with Crippen LogP contribution >= 0.6 is 23.2 Å². The molecule has 1 aliphatic rings. The maximum atomic E-state index is 12.2. The first-order valence-corrected chi connectivity index (χ1v) is 8.00. The van der Waals surface area contributed by atoms with Crippen molar-refractivity contribution in [3.63, 3.8) is 0 Å². The van der Waals surface area contributed by atoms with Gasteiger partial charge in [-0.1, -0.05) is 23.2 Å². The van der Waals surface area contributed by atoms with E-state index in [-0.39, 0.29) is 13.0 Å². The zero-order chi connectivity index (χ0) is 18.6. The van der Waals surface area contributed by atoms with Crippen LogP contribution in [0.5, 0.6) is 0 Å². The van der Waals surface area contributed by atoms with Gasteiger partial charge in [0.25, 0.3) is 11.8 Å². The molecular weight excluding hydrogens is 375 g/mol. The van der Waals surface area contributed by atoms with Crippen LogP contribution < -0.4 is 10.6 Å². The lowest BCUT2D eigenvalue weighted by Gasteiger charge is -2.18. The molecule has 0 aromatic heterocycles. The molecule has 1 unspecified atom stereocenters. The van der Waals surface area contributed by atoms with Crippen LogP contribution in [0, 0.1) is 0 Å². The molecule has 0 radical (unpaired) electrons. The van der Waals surface area contributed by atoms with E-state index >= 15 is 0 Å². The number of nitrogens with one attached hydrogen (secondary N) is 2. The minimum atomic E-state index is -1.43. The van der Waals surface area contributed by atoms with E-state index in [1.165, 1.54) is 25.3 Å². The number of anilines is 1. The number of carbonyl (C=O) groups is 3. The van der Waals surface area contributed by atoms with Crippen molar-refractivity contribution in [1.82, 2.24) is 5.32 Å². The highest BCUT2D eigenvalue weighted by Gasteiger charge is 2.34. The monoisotopic (exact) mass is 390 g/mol. The Morgan fingerprint density at radius 3 is 2.40 bits per heavy atom. The number of carboxylic acids is 1. The summed E-state index contributed by atoms with van der Waals surface area (Å²) in [5.41, 5.74) is 0.312. The van der Waals surface area contributed by atoms with Crippen molar-refractivity contribution < 1.29 is 29.0 Å². The number of rotatable bonds is 6. The molecule has 0 spiro atoms. The molecule has 0 aliphatic carbocycles. The Balaban J connectivity index is 1.97. The van der Waals surface area contributed by atoms with Crippen molar-refractivity contribution in [1.29, 1.82) is 0 Å². The van der Waals surface area contributed by atoms with E-state index in [1.54, 1.807) is 0 Å². The summed E-state index contributed by atoms with van der Waals surface area (Å²) in [6.07, 6.45) is -2.29. The van der Waals surface area contributed by atoms with Gasteiger partial charge in [0.15, 0.2) is 6.10 Å². The molecule has 1 aromatic carbocycles. The average molecular weight is 391 g/mol. The van der Waals surface area contributed by atoms with Gasteiger partial charge in [-0.2, -0.15) is 0 Å². The third-order valence-electron chi connectivity index (χ3n) is 3.46. The number of carboxylic acid groups (broad SMARTS) is 1. The van der Waals surface area contributed by atoms with Crippen molar-refractivity contribution in [3.05, 3.63) is 28.2 Å². The summed E-state index contributed by atoms with van der Waals surface area (Å²) < 4.78 is 9.98. The zero-order valence-corrected chi connectivity index (χ0v) is 14.6. The Hall–Kier alpha value is -1.87. The van der Waals surface area contributed by atoms with Gasteiger partial charge in [-0.05, 0) is 18.2 Å². The molecule has 136 valence electrons. The van der Waals surface area contributed by atoms with E-state index in [0.717, 1.165) is 0 Å². The maximum absolute atomic E-state index is 12.2. The normalized spacial score (nSPS) is 20.8. The first-order valence-electron chi connectivity index (χ1n) is 7.24. The Kier molecular flexibility index (Phi) is 6.60. The SMILES string of the molecule is COC(C(=O)Nc1cc(Cl)cc(Cl)c1)C(=O)N[C@H]1CO[C@@H](C(=O)O)C1. The van der Waals surface area contributed by atoms with Gasteiger partial charge in [0, 0.05) is 29.3 Å². The first-order chi connectivity index (χ1) is 11.8. The van der Waals surface area contributed by atoms with Crippen LogP contribution in [0.25, 0.3) is 0 Å². The minimum absolute atomic E-state index is 0.0463. The fourth-order valence-electron chi connectivity index (χ4n) is 2.34. The second-order valence-electron chi connectivity index (χ2n) is 5.36. The summed E-state index contributed by atoms with van der Waals surface area (Å²) in [7, 11) is 1.21. The van der Waals surface area contributed by atoms with Gasteiger partial charge in [0.1, 0.15) is 0 Å². The number of amides is 2. The van der Waals surface area contributed by atoms with E-state index in [1.807, 2.05) is 0 Å². The number of aliphatic carboxylic acids is 1. The molecule has 1 aromatic rings. The number of benzene rings is 1. The topological polar surface area (TPSA) is 114 Å². The molecule has 1 fully saturated rings. The molecular formula is C15H16Cl2N2O6. The molecule has 2 amide bonds. The van der Waals surface area contributed by atoms with Gasteiger partial charge >= 0.3 is 5.97 Å². The number of methoxy groups -OCH3 is 1. The van der Waals surface area contributed by atoms with E-state index in [4.69, 9.17) is 37.8 Å². The predicted molar refractivity (Wildman–Crippen MR) is 89.8 cm³/mol. The Bertz CT molecular complexity index is 664. The average Bonchev–Trinajstić information content (AvgIpc) is 2.95. The third kappa shape index (κ3) is 5.30. The Morgan fingerprint density at radius 2 is 1.88 bits per heavy atom. The van der Waals surface area contributed by atoms with Gasteiger partial charge in [-0.3, -0.25) is 9.59 Å². The van der Waals surface area contributed by atoms with Gasteiger partial charge in [-0.25, -0.2) is 4.79 Å². The molecule has 1 heterocycles. The lowest BCUT2D eigenvalue weighted by Crippen LogP contribution is -2.47. The lowest BCUT2D eigenvalue weighted by atomic mass is 10.1. The number of hydrogen-bond donors (Lipinski definition) is 3. The molecule has 0 bridgehead atoms. The molecule has 3 N–H and O–H groups in total. The van der Waals surface area contributed by atoms with Crippen LogP contribution in [0.4, 0.5) is 5.69 Å². The van der Waals surface area contributed by atoms with E-state index < -0.39 is 36.0 Å². The first kappa shape index (κ1) is 19.5. The van der Waals surface area contributed by atoms with E-state index in [2.05, 4.69) is 10.6 Å². The third-order valence-corrected chi connectivity index (χ3v) is 3.90. The highest BCUT2D eigenvalue weighted by Crippen LogP contribution is 2.22. The summed E-state index contributed by atoms with van der Waals surface area (Å²) >= 11 is 11.7. The fraction of sp³-hybridized carbons (Fsp3) is 0.400. The summed E-state index contributed by atoms with van der Waals surface area (Å²) in [5, 5.41) is 14.5. The number of halogens is 2. The smallest absolute Gasteiger partial charge is 0.332 e. The van der Waals surface area contributed by atoms with Gasteiger partial charge in [-0.15, -0.1) is 0 Å². The lowest BCUT2D eigenvalue weighted by molar-refractivity contribution is -0.147. The van der Waals surface area contributed by atoms with Crippen molar-refractivity contribution in [2.45, 2.75) is 24.7 Å². The highest BCUT2D eigenvalue weighted by atomic mass is 35.5. The highest BCUT2D eigenvalue weighted by molar-refractivity contribution is 6.35. The van der Waals surface area contributed by atoms with Crippen molar-refractivity contribution >= 4 is 46.7 Å². The summed E-state index contributed by atoms with van der Waals surface area (Å²) in [4.78, 5) is 35.3. The van der Waals surface area contributed by atoms with Crippen LogP contribution in [0.3, 0.4) is 0 Å². The Morgan fingerprint density at radius 1 is 1.24 bits per heavy atom.